The molecule has 0 aliphatic carbocycles. The molecular formula is C12H10FN5OS. The number of aromatic nitrogens is 2. The molecule has 8 heteroatoms. The maximum absolute atomic E-state index is 13.4. The van der Waals surface area contributed by atoms with Gasteiger partial charge >= 0.3 is 0 Å². The number of hydrogen-bond donors (Lipinski definition) is 2. The van der Waals surface area contributed by atoms with Gasteiger partial charge in [0.25, 0.3) is 0 Å². The highest BCUT2D eigenvalue weighted by Gasteiger charge is 2.14. The second kappa shape index (κ2) is 5.63. The van der Waals surface area contributed by atoms with Gasteiger partial charge in [0.2, 0.25) is 5.88 Å². The van der Waals surface area contributed by atoms with Gasteiger partial charge in [-0.15, -0.1) is 0 Å². The van der Waals surface area contributed by atoms with E-state index in [0.29, 0.717) is 5.16 Å². The first-order chi connectivity index (χ1) is 9.55. The molecule has 0 saturated heterocycles. The topological polar surface area (TPSA) is 111 Å². The highest BCUT2D eigenvalue weighted by atomic mass is 32.2. The molecule has 0 aliphatic heterocycles. The Kier molecular flexibility index (Phi) is 3.91. The number of nitriles is 1. The summed E-state index contributed by atoms with van der Waals surface area (Å²) in [6.07, 6.45) is 1.76. The molecule has 0 spiro atoms. The normalized spacial score (nSPS) is 10.1. The first-order valence-electron chi connectivity index (χ1n) is 5.39. The maximum atomic E-state index is 13.4. The number of nitrogens with two attached hydrogens (primary N) is 2. The average molecular weight is 291 g/mol. The van der Waals surface area contributed by atoms with Crippen LogP contribution in [-0.2, 0) is 0 Å². The maximum Gasteiger partial charge on any atom is 0.243 e. The van der Waals surface area contributed by atoms with E-state index >= 15 is 0 Å². The number of halogens is 1. The number of rotatable bonds is 3. The van der Waals surface area contributed by atoms with Gasteiger partial charge < -0.3 is 16.2 Å². The van der Waals surface area contributed by atoms with E-state index in [9.17, 15) is 4.39 Å². The predicted molar refractivity (Wildman–Crippen MR) is 73.8 cm³/mol. The summed E-state index contributed by atoms with van der Waals surface area (Å²) < 4.78 is 18.8. The van der Waals surface area contributed by atoms with E-state index in [1.807, 2.05) is 6.07 Å². The Bertz CT molecular complexity index is 701. The van der Waals surface area contributed by atoms with E-state index in [1.54, 1.807) is 6.26 Å². The van der Waals surface area contributed by atoms with Crippen LogP contribution in [0.4, 0.5) is 15.9 Å². The van der Waals surface area contributed by atoms with Crippen molar-refractivity contribution in [2.24, 2.45) is 0 Å². The van der Waals surface area contributed by atoms with Crippen molar-refractivity contribution in [3.8, 4) is 17.7 Å². The van der Waals surface area contributed by atoms with Gasteiger partial charge in [0, 0.05) is 6.07 Å². The third-order valence-electron chi connectivity index (χ3n) is 2.36. The van der Waals surface area contributed by atoms with Crippen molar-refractivity contribution >= 4 is 23.3 Å². The molecule has 0 radical (unpaired) electrons. The highest BCUT2D eigenvalue weighted by molar-refractivity contribution is 7.98. The Morgan fingerprint density at radius 1 is 1.35 bits per heavy atom. The van der Waals surface area contributed by atoms with Gasteiger partial charge in [0.15, 0.2) is 10.7 Å². The van der Waals surface area contributed by atoms with Crippen LogP contribution in [0, 0.1) is 17.1 Å². The smallest absolute Gasteiger partial charge is 0.243 e. The monoisotopic (exact) mass is 291 g/mol. The van der Waals surface area contributed by atoms with Gasteiger partial charge in [-0.05, 0) is 18.4 Å². The van der Waals surface area contributed by atoms with E-state index in [2.05, 4.69) is 9.97 Å². The molecule has 2 aromatic rings. The minimum atomic E-state index is -0.617. The van der Waals surface area contributed by atoms with Crippen LogP contribution in [-0.4, -0.2) is 16.2 Å². The van der Waals surface area contributed by atoms with Gasteiger partial charge in [-0.3, -0.25) is 0 Å². The summed E-state index contributed by atoms with van der Waals surface area (Å²) in [7, 11) is 0. The van der Waals surface area contributed by atoms with Crippen LogP contribution in [0.5, 0.6) is 11.6 Å². The van der Waals surface area contributed by atoms with Crippen molar-refractivity contribution in [1.29, 1.82) is 5.26 Å². The molecule has 102 valence electrons. The number of hydrogen-bond acceptors (Lipinski definition) is 7. The zero-order valence-electron chi connectivity index (χ0n) is 10.4. The first kappa shape index (κ1) is 13.9. The minimum Gasteiger partial charge on any atom is -0.437 e. The standard InChI is InChI=1S/C12H10FN5OS/c1-20-12-17-10(16)7(5-14)11(18-12)19-6-2-3-9(15)8(13)4-6/h2-4H,15H2,1H3,(H2,16,17,18). The lowest BCUT2D eigenvalue weighted by atomic mass is 10.3. The predicted octanol–water partition coefficient (Wildman–Crippen LogP) is 2.17. The molecule has 1 aromatic heterocycles. The minimum absolute atomic E-state index is 0.0000307. The number of nitrogen functional groups attached to an aromatic ring is 2. The Morgan fingerprint density at radius 3 is 2.70 bits per heavy atom. The summed E-state index contributed by atoms with van der Waals surface area (Å²) in [5, 5.41) is 9.40. The molecule has 0 aliphatic rings. The molecule has 2 rings (SSSR count). The molecule has 0 amide bonds. The van der Waals surface area contributed by atoms with Crippen LogP contribution in [0.3, 0.4) is 0 Å². The average Bonchev–Trinajstić information content (AvgIpc) is 2.42. The van der Waals surface area contributed by atoms with Crippen LogP contribution >= 0.6 is 11.8 Å². The van der Waals surface area contributed by atoms with E-state index in [4.69, 9.17) is 21.5 Å². The highest BCUT2D eigenvalue weighted by Crippen LogP contribution is 2.29. The van der Waals surface area contributed by atoms with Crippen LogP contribution < -0.4 is 16.2 Å². The van der Waals surface area contributed by atoms with E-state index < -0.39 is 5.82 Å². The van der Waals surface area contributed by atoms with E-state index in [0.717, 1.165) is 6.07 Å². The Balaban J connectivity index is 2.44. The number of anilines is 2. The molecule has 0 atom stereocenters. The molecule has 1 heterocycles. The lowest BCUT2D eigenvalue weighted by molar-refractivity contribution is 0.450. The lowest BCUT2D eigenvalue weighted by Crippen LogP contribution is -2.02. The summed E-state index contributed by atoms with van der Waals surface area (Å²) in [5.74, 6) is -0.460. The Hall–Kier alpha value is -2.53. The Morgan fingerprint density at radius 2 is 2.10 bits per heavy atom. The first-order valence-corrected chi connectivity index (χ1v) is 6.62. The van der Waals surface area contributed by atoms with Gasteiger partial charge in [0.1, 0.15) is 23.5 Å². The fraction of sp³-hybridized carbons (Fsp3) is 0.0833. The fourth-order valence-electron chi connectivity index (χ4n) is 1.39. The quantitative estimate of drug-likeness (QED) is 0.506. The second-order valence-electron chi connectivity index (χ2n) is 3.67. The number of ether oxygens (including phenoxy) is 1. The van der Waals surface area contributed by atoms with Crippen molar-refractivity contribution < 1.29 is 9.13 Å². The van der Waals surface area contributed by atoms with Gasteiger partial charge in [-0.2, -0.15) is 10.2 Å². The van der Waals surface area contributed by atoms with E-state index in [1.165, 1.54) is 23.9 Å². The van der Waals surface area contributed by atoms with Crippen LogP contribution in [0.15, 0.2) is 23.4 Å². The summed E-state index contributed by atoms with van der Waals surface area (Å²) in [6.45, 7) is 0. The Labute approximate surface area is 118 Å². The summed E-state index contributed by atoms with van der Waals surface area (Å²) in [5.41, 5.74) is 11.0. The van der Waals surface area contributed by atoms with Gasteiger partial charge in [0.05, 0.1) is 5.69 Å². The molecule has 20 heavy (non-hydrogen) atoms. The molecule has 0 bridgehead atoms. The summed E-state index contributed by atoms with van der Waals surface area (Å²) in [6, 6.07) is 5.79. The molecule has 0 saturated carbocycles. The SMILES string of the molecule is CSc1nc(N)c(C#N)c(Oc2ccc(N)c(F)c2)n1. The second-order valence-corrected chi connectivity index (χ2v) is 4.45. The molecule has 6 nitrogen and oxygen atoms in total. The van der Waals surface area contributed by atoms with Gasteiger partial charge in [-0.25, -0.2) is 9.37 Å². The molecule has 1 aromatic carbocycles. The van der Waals surface area contributed by atoms with Gasteiger partial charge in [-0.1, -0.05) is 11.8 Å². The zero-order valence-corrected chi connectivity index (χ0v) is 11.2. The van der Waals surface area contributed by atoms with Crippen LogP contribution in [0.1, 0.15) is 5.56 Å². The molecular weight excluding hydrogens is 281 g/mol. The van der Waals surface area contributed by atoms with Crippen molar-refractivity contribution in [1.82, 2.24) is 9.97 Å². The fourth-order valence-corrected chi connectivity index (χ4v) is 1.75. The number of benzene rings is 1. The van der Waals surface area contributed by atoms with Crippen molar-refractivity contribution in [2.75, 3.05) is 17.7 Å². The van der Waals surface area contributed by atoms with E-state index in [-0.39, 0.29) is 28.7 Å². The zero-order chi connectivity index (χ0) is 14.7. The summed E-state index contributed by atoms with van der Waals surface area (Å²) in [4.78, 5) is 7.97. The van der Waals surface area contributed by atoms with Crippen molar-refractivity contribution in [3.05, 3.63) is 29.6 Å². The molecule has 4 N–H and O–H groups in total. The molecule has 0 fully saturated rings. The van der Waals surface area contributed by atoms with Crippen molar-refractivity contribution in [3.63, 3.8) is 0 Å². The number of nitrogens with zero attached hydrogens (tertiary/aromatic N) is 3. The van der Waals surface area contributed by atoms with Crippen LogP contribution in [0.2, 0.25) is 0 Å². The van der Waals surface area contributed by atoms with Crippen LogP contribution in [0.25, 0.3) is 0 Å². The third kappa shape index (κ3) is 2.73. The number of thioether (sulfide) groups is 1. The summed E-state index contributed by atoms with van der Waals surface area (Å²) >= 11 is 1.25. The largest absolute Gasteiger partial charge is 0.437 e. The lowest BCUT2D eigenvalue weighted by Gasteiger charge is -2.09. The molecule has 0 unspecified atom stereocenters. The third-order valence-corrected chi connectivity index (χ3v) is 2.91. The van der Waals surface area contributed by atoms with Crippen molar-refractivity contribution in [2.45, 2.75) is 5.16 Å².